The van der Waals surface area contributed by atoms with Crippen LogP contribution in [-0.4, -0.2) is 9.97 Å². The summed E-state index contributed by atoms with van der Waals surface area (Å²) in [4.78, 5) is 7.98. The summed E-state index contributed by atoms with van der Waals surface area (Å²) in [6.07, 6.45) is 4.87. The van der Waals surface area contributed by atoms with Crippen LogP contribution in [0.3, 0.4) is 0 Å². The van der Waals surface area contributed by atoms with E-state index in [1.165, 1.54) is 0 Å². The fourth-order valence-corrected chi connectivity index (χ4v) is 1.44. The molecule has 0 aliphatic heterocycles. The van der Waals surface area contributed by atoms with Gasteiger partial charge in [0.1, 0.15) is 10.8 Å². The van der Waals surface area contributed by atoms with Gasteiger partial charge >= 0.3 is 0 Å². The average molecular weight is 236 g/mol. The van der Waals surface area contributed by atoms with Gasteiger partial charge in [0.05, 0.1) is 6.20 Å². The van der Waals surface area contributed by atoms with Crippen LogP contribution in [0.25, 0.3) is 0 Å². The lowest BCUT2D eigenvalue weighted by Crippen LogP contribution is -1.99. The van der Waals surface area contributed by atoms with Crippen LogP contribution in [0.5, 0.6) is 11.6 Å². The van der Waals surface area contributed by atoms with Crippen LogP contribution in [0.4, 0.5) is 0 Å². The van der Waals surface area contributed by atoms with Gasteiger partial charge in [-0.1, -0.05) is 11.6 Å². The molecule has 0 aliphatic rings. The molecule has 5 heteroatoms. The Balaban J connectivity index is 2.28. The summed E-state index contributed by atoms with van der Waals surface area (Å²) in [6, 6.07) is 5.31. The Morgan fingerprint density at radius 1 is 1.31 bits per heavy atom. The summed E-state index contributed by atoms with van der Waals surface area (Å²) in [6.45, 7) is 0.352. The minimum absolute atomic E-state index is 0.345. The normalized spacial score (nSPS) is 10.1. The number of aromatic nitrogens is 2. The van der Waals surface area contributed by atoms with Crippen LogP contribution in [0.15, 0.2) is 36.8 Å². The Morgan fingerprint density at radius 2 is 2.19 bits per heavy atom. The number of hydrogen-bond acceptors (Lipinski definition) is 4. The average Bonchev–Trinajstić information content (AvgIpc) is 2.33. The van der Waals surface area contributed by atoms with Crippen LogP contribution in [0.1, 0.15) is 5.56 Å². The number of nitrogens with zero attached hydrogens (tertiary/aromatic N) is 2. The largest absolute Gasteiger partial charge is 0.436 e. The fraction of sp³-hybridized carbons (Fsp3) is 0.0909. The van der Waals surface area contributed by atoms with Crippen LogP contribution in [0.2, 0.25) is 5.02 Å². The second-order valence-corrected chi connectivity index (χ2v) is 3.46. The summed E-state index contributed by atoms with van der Waals surface area (Å²) in [5.41, 5.74) is 6.33. The fourth-order valence-electron chi connectivity index (χ4n) is 1.21. The van der Waals surface area contributed by atoms with Gasteiger partial charge in [0.2, 0.25) is 5.88 Å². The molecular weight excluding hydrogens is 226 g/mol. The van der Waals surface area contributed by atoms with Crippen molar-refractivity contribution < 1.29 is 4.74 Å². The van der Waals surface area contributed by atoms with Gasteiger partial charge in [-0.25, -0.2) is 4.98 Å². The summed E-state index contributed by atoms with van der Waals surface area (Å²) in [5, 5.41) is 0.439. The highest BCUT2D eigenvalue weighted by Gasteiger charge is 2.08. The molecule has 0 spiro atoms. The van der Waals surface area contributed by atoms with Crippen molar-refractivity contribution in [1.29, 1.82) is 0 Å². The van der Waals surface area contributed by atoms with E-state index in [1.54, 1.807) is 36.8 Å². The maximum Gasteiger partial charge on any atom is 0.238 e. The minimum atomic E-state index is 0.345. The predicted octanol–water partition coefficient (Wildman–Crippen LogP) is 2.38. The number of pyridine rings is 2. The zero-order chi connectivity index (χ0) is 11.4. The number of ether oxygens (including phenoxy) is 1. The molecule has 0 radical (unpaired) electrons. The number of rotatable bonds is 3. The third-order valence-corrected chi connectivity index (χ3v) is 2.41. The molecular formula is C11H10ClN3O. The summed E-state index contributed by atoms with van der Waals surface area (Å²) >= 11 is 6.07. The zero-order valence-electron chi connectivity index (χ0n) is 8.43. The van der Waals surface area contributed by atoms with Crippen LogP contribution < -0.4 is 10.5 Å². The summed E-state index contributed by atoms with van der Waals surface area (Å²) in [5.74, 6) is 0.934. The first-order valence-corrected chi connectivity index (χ1v) is 5.10. The molecule has 0 atom stereocenters. The zero-order valence-corrected chi connectivity index (χ0v) is 9.19. The molecule has 16 heavy (non-hydrogen) atoms. The van der Waals surface area contributed by atoms with Crippen molar-refractivity contribution >= 4 is 11.6 Å². The molecule has 0 amide bonds. The Hall–Kier alpha value is -1.65. The smallest absolute Gasteiger partial charge is 0.238 e. The first-order chi connectivity index (χ1) is 7.81. The van der Waals surface area contributed by atoms with E-state index in [2.05, 4.69) is 9.97 Å². The first kappa shape index (κ1) is 10.9. The molecule has 0 aliphatic carbocycles. The summed E-state index contributed by atoms with van der Waals surface area (Å²) < 4.78 is 5.49. The number of hydrogen-bond donors (Lipinski definition) is 1. The van der Waals surface area contributed by atoms with Crippen LogP contribution in [0, 0.1) is 0 Å². The quantitative estimate of drug-likeness (QED) is 0.887. The van der Waals surface area contributed by atoms with E-state index in [0.29, 0.717) is 23.2 Å². The van der Waals surface area contributed by atoms with Gasteiger partial charge in [-0.3, -0.25) is 4.98 Å². The number of nitrogens with two attached hydrogens (primary N) is 1. The molecule has 2 rings (SSSR count). The van der Waals surface area contributed by atoms with Crippen molar-refractivity contribution in [1.82, 2.24) is 9.97 Å². The monoisotopic (exact) mass is 235 g/mol. The molecule has 0 bridgehead atoms. The second-order valence-electron chi connectivity index (χ2n) is 3.08. The van der Waals surface area contributed by atoms with E-state index in [1.807, 2.05) is 0 Å². The summed E-state index contributed by atoms with van der Waals surface area (Å²) in [7, 11) is 0. The molecule has 2 heterocycles. The minimum Gasteiger partial charge on any atom is -0.436 e. The van der Waals surface area contributed by atoms with Gasteiger partial charge in [0, 0.05) is 18.9 Å². The highest BCUT2D eigenvalue weighted by molar-refractivity contribution is 6.32. The van der Waals surface area contributed by atoms with E-state index in [-0.39, 0.29) is 0 Å². The second kappa shape index (κ2) is 4.92. The first-order valence-electron chi connectivity index (χ1n) is 4.72. The number of halogens is 1. The molecule has 4 nitrogen and oxygen atoms in total. The van der Waals surface area contributed by atoms with Gasteiger partial charge in [-0.15, -0.1) is 0 Å². The highest BCUT2D eigenvalue weighted by Crippen LogP contribution is 2.28. The Labute approximate surface area is 98.0 Å². The van der Waals surface area contributed by atoms with Gasteiger partial charge in [-0.2, -0.15) is 0 Å². The van der Waals surface area contributed by atoms with Crippen molar-refractivity contribution in [3.8, 4) is 11.6 Å². The molecule has 82 valence electrons. The van der Waals surface area contributed by atoms with Crippen molar-refractivity contribution in [3.05, 3.63) is 47.4 Å². The maximum absolute atomic E-state index is 6.07. The molecule has 0 saturated heterocycles. The van der Waals surface area contributed by atoms with Gasteiger partial charge in [0.15, 0.2) is 0 Å². The molecule has 2 aromatic heterocycles. The van der Waals surface area contributed by atoms with Crippen LogP contribution >= 0.6 is 11.6 Å². The van der Waals surface area contributed by atoms with E-state index in [9.17, 15) is 0 Å². The Morgan fingerprint density at radius 3 is 2.88 bits per heavy atom. The molecule has 0 fully saturated rings. The predicted molar refractivity (Wildman–Crippen MR) is 61.4 cm³/mol. The Bertz CT molecular complexity index is 476. The SMILES string of the molecule is NCc1ccnc(Oc2cccnc2)c1Cl. The lowest BCUT2D eigenvalue weighted by atomic mass is 10.3. The van der Waals surface area contributed by atoms with E-state index >= 15 is 0 Å². The maximum atomic E-state index is 6.07. The van der Waals surface area contributed by atoms with Crippen molar-refractivity contribution in [2.75, 3.05) is 0 Å². The highest BCUT2D eigenvalue weighted by atomic mass is 35.5. The Kier molecular flexibility index (Phi) is 3.34. The van der Waals surface area contributed by atoms with Gasteiger partial charge in [0.25, 0.3) is 0 Å². The third-order valence-electron chi connectivity index (χ3n) is 2.01. The van der Waals surface area contributed by atoms with Gasteiger partial charge in [-0.05, 0) is 23.8 Å². The van der Waals surface area contributed by atoms with Crippen LogP contribution in [-0.2, 0) is 6.54 Å². The lowest BCUT2D eigenvalue weighted by molar-refractivity contribution is 0.460. The third kappa shape index (κ3) is 2.29. The topological polar surface area (TPSA) is 61.0 Å². The van der Waals surface area contributed by atoms with E-state index in [4.69, 9.17) is 22.1 Å². The van der Waals surface area contributed by atoms with Gasteiger partial charge < -0.3 is 10.5 Å². The standard InChI is InChI=1S/C11H10ClN3O/c12-10-8(6-13)3-5-15-11(10)16-9-2-1-4-14-7-9/h1-5,7H,6,13H2. The molecule has 0 saturated carbocycles. The van der Waals surface area contributed by atoms with E-state index < -0.39 is 0 Å². The van der Waals surface area contributed by atoms with E-state index in [0.717, 1.165) is 5.56 Å². The van der Waals surface area contributed by atoms with Crippen molar-refractivity contribution in [2.45, 2.75) is 6.54 Å². The van der Waals surface area contributed by atoms with Crippen molar-refractivity contribution in [3.63, 3.8) is 0 Å². The molecule has 2 N–H and O–H groups in total. The lowest BCUT2D eigenvalue weighted by Gasteiger charge is -2.07. The molecule has 0 aromatic carbocycles. The van der Waals surface area contributed by atoms with Crippen molar-refractivity contribution in [2.24, 2.45) is 5.73 Å². The molecule has 0 unspecified atom stereocenters. The molecule has 2 aromatic rings.